The number of alkyl halides is 3. The lowest BCUT2D eigenvalue weighted by Gasteiger charge is -2.14. The molecule has 2 N–H and O–H groups in total. The standard InChI is InChI=1S/C18H16F3N5/c1-12-9-16(23-11-13-5-4-8-22-10-13)26-17(24-12)25-15-7-3-2-6-14(15)18(19,20)21/h2-10H,11H2,1H3,(H2,23,24,25,26). The van der Waals surface area contributed by atoms with Crippen LogP contribution in [0.4, 0.5) is 30.6 Å². The van der Waals surface area contributed by atoms with Gasteiger partial charge in [-0.05, 0) is 30.7 Å². The number of hydrogen-bond donors (Lipinski definition) is 2. The van der Waals surface area contributed by atoms with Crippen molar-refractivity contribution in [3.63, 3.8) is 0 Å². The first-order valence-electron chi connectivity index (χ1n) is 7.83. The molecule has 5 nitrogen and oxygen atoms in total. The number of hydrogen-bond acceptors (Lipinski definition) is 5. The number of anilines is 3. The van der Waals surface area contributed by atoms with Crippen molar-refractivity contribution in [2.24, 2.45) is 0 Å². The second kappa shape index (κ2) is 7.38. The van der Waals surface area contributed by atoms with Crippen molar-refractivity contribution in [1.29, 1.82) is 0 Å². The third kappa shape index (κ3) is 4.47. The Morgan fingerprint density at radius 3 is 2.58 bits per heavy atom. The number of nitrogens with one attached hydrogen (secondary N) is 2. The number of aromatic nitrogens is 3. The summed E-state index contributed by atoms with van der Waals surface area (Å²) in [4.78, 5) is 12.4. The number of aryl methyl sites for hydroxylation is 1. The molecule has 0 fully saturated rings. The van der Waals surface area contributed by atoms with Crippen molar-refractivity contribution in [2.75, 3.05) is 10.6 Å². The first-order chi connectivity index (χ1) is 12.4. The number of halogens is 3. The van der Waals surface area contributed by atoms with Crippen LogP contribution in [0, 0.1) is 6.92 Å². The molecule has 0 unspecified atom stereocenters. The van der Waals surface area contributed by atoms with E-state index in [-0.39, 0.29) is 11.6 Å². The van der Waals surface area contributed by atoms with E-state index in [2.05, 4.69) is 25.6 Å². The number of benzene rings is 1. The molecular formula is C18H16F3N5. The maximum absolute atomic E-state index is 13.1. The molecule has 0 radical (unpaired) electrons. The highest BCUT2D eigenvalue weighted by molar-refractivity contribution is 5.60. The van der Waals surface area contributed by atoms with Gasteiger partial charge in [-0.1, -0.05) is 18.2 Å². The van der Waals surface area contributed by atoms with Crippen molar-refractivity contribution in [2.45, 2.75) is 19.6 Å². The molecule has 0 saturated carbocycles. The van der Waals surface area contributed by atoms with Gasteiger partial charge in [-0.3, -0.25) is 4.98 Å². The smallest absolute Gasteiger partial charge is 0.366 e. The fraction of sp³-hybridized carbons (Fsp3) is 0.167. The average molecular weight is 359 g/mol. The van der Waals surface area contributed by atoms with Crippen LogP contribution in [0.25, 0.3) is 0 Å². The monoisotopic (exact) mass is 359 g/mol. The molecule has 2 heterocycles. The van der Waals surface area contributed by atoms with E-state index in [0.717, 1.165) is 11.6 Å². The van der Waals surface area contributed by atoms with Gasteiger partial charge in [0, 0.05) is 30.7 Å². The summed E-state index contributed by atoms with van der Waals surface area (Å²) in [5.41, 5.74) is 0.722. The summed E-state index contributed by atoms with van der Waals surface area (Å²) in [6.45, 7) is 2.24. The molecule has 0 aliphatic heterocycles. The van der Waals surface area contributed by atoms with Crippen LogP contribution in [-0.4, -0.2) is 15.0 Å². The molecule has 3 rings (SSSR count). The van der Waals surface area contributed by atoms with Crippen LogP contribution in [0.1, 0.15) is 16.8 Å². The van der Waals surface area contributed by atoms with Gasteiger partial charge in [-0.25, -0.2) is 4.98 Å². The number of pyridine rings is 1. The molecule has 0 aliphatic carbocycles. The lowest BCUT2D eigenvalue weighted by molar-refractivity contribution is -0.136. The highest BCUT2D eigenvalue weighted by Crippen LogP contribution is 2.35. The maximum Gasteiger partial charge on any atom is 0.418 e. The Hall–Kier alpha value is -3.16. The molecule has 0 amide bonds. The lowest BCUT2D eigenvalue weighted by Crippen LogP contribution is -2.10. The van der Waals surface area contributed by atoms with Gasteiger partial charge < -0.3 is 10.6 Å². The average Bonchev–Trinajstić information content (AvgIpc) is 2.60. The quantitative estimate of drug-likeness (QED) is 0.699. The van der Waals surface area contributed by atoms with Gasteiger partial charge in [-0.2, -0.15) is 18.2 Å². The Bertz CT molecular complexity index is 881. The number of para-hydroxylation sites is 1. The summed E-state index contributed by atoms with van der Waals surface area (Å²) in [5.74, 6) is 0.601. The van der Waals surface area contributed by atoms with Crippen LogP contribution >= 0.6 is 0 Å². The van der Waals surface area contributed by atoms with E-state index in [1.165, 1.54) is 18.2 Å². The summed E-state index contributed by atoms with van der Waals surface area (Å²) in [6, 6.07) is 10.7. The van der Waals surface area contributed by atoms with E-state index in [9.17, 15) is 13.2 Å². The minimum atomic E-state index is -4.46. The molecule has 0 bridgehead atoms. The number of rotatable bonds is 5. The van der Waals surface area contributed by atoms with E-state index in [1.807, 2.05) is 12.1 Å². The minimum Gasteiger partial charge on any atom is -0.366 e. The summed E-state index contributed by atoms with van der Waals surface area (Å²) in [5, 5.41) is 5.78. The van der Waals surface area contributed by atoms with Crippen LogP contribution in [0.5, 0.6) is 0 Å². The SMILES string of the molecule is Cc1cc(NCc2cccnc2)nc(Nc2ccccc2C(F)(F)F)n1. The molecular weight excluding hydrogens is 343 g/mol. The lowest BCUT2D eigenvalue weighted by atomic mass is 10.1. The Kier molecular flexibility index (Phi) is 5.01. The topological polar surface area (TPSA) is 62.7 Å². The predicted octanol–water partition coefficient (Wildman–Crippen LogP) is 4.55. The summed E-state index contributed by atoms with van der Waals surface area (Å²) >= 11 is 0. The molecule has 0 aliphatic rings. The highest BCUT2D eigenvalue weighted by Gasteiger charge is 2.33. The van der Waals surface area contributed by atoms with E-state index >= 15 is 0 Å². The zero-order valence-corrected chi connectivity index (χ0v) is 13.9. The van der Waals surface area contributed by atoms with Crippen LogP contribution in [0.15, 0.2) is 54.9 Å². The van der Waals surface area contributed by atoms with Crippen molar-refractivity contribution < 1.29 is 13.2 Å². The van der Waals surface area contributed by atoms with Crippen molar-refractivity contribution in [3.8, 4) is 0 Å². The van der Waals surface area contributed by atoms with Crippen LogP contribution in [-0.2, 0) is 12.7 Å². The summed E-state index contributed by atoms with van der Waals surface area (Å²) in [6.07, 6.45) is -1.06. The fourth-order valence-corrected chi connectivity index (χ4v) is 2.37. The van der Waals surface area contributed by atoms with E-state index in [1.54, 1.807) is 25.4 Å². The van der Waals surface area contributed by atoms with Crippen molar-refractivity contribution >= 4 is 17.5 Å². The van der Waals surface area contributed by atoms with Gasteiger partial charge in [0.05, 0.1) is 11.3 Å². The molecule has 2 aromatic heterocycles. The Morgan fingerprint density at radius 1 is 1.04 bits per heavy atom. The van der Waals surface area contributed by atoms with E-state index in [0.29, 0.717) is 18.1 Å². The predicted molar refractivity (Wildman–Crippen MR) is 93.1 cm³/mol. The first-order valence-corrected chi connectivity index (χ1v) is 7.83. The fourth-order valence-electron chi connectivity index (χ4n) is 2.37. The van der Waals surface area contributed by atoms with E-state index < -0.39 is 11.7 Å². The Balaban J connectivity index is 1.80. The van der Waals surface area contributed by atoms with Gasteiger partial charge in [0.2, 0.25) is 5.95 Å². The Morgan fingerprint density at radius 2 is 1.85 bits per heavy atom. The molecule has 0 atom stereocenters. The highest BCUT2D eigenvalue weighted by atomic mass is 19.4. The second-order valence-electron chi connectivity index (χ2n) is 5.60. The largest absolute Gasteiger partial charge is 0.418 e. The van der Waals surface area contributed by atoms with Gasteiger partial charge in [0.1, 0.15) is 5.82 Å². The first kappa shape index (κ1) is 17.7. The summed E-state index contributed by atoms with van der Waals surface area (Å²) in [7, 11) is 0. The van der Waals surface area contributed by atoms with E-state index in [4.69, 9.17) is 0 Å². The normalized spacial score (nSPS) is 11.2. The molecule has 1 aromatic carbocycles. The number of nitrogens with zero attached hydrogens (tertiary/aromatic N) is 3. The van der Waals surface area contributed by atoms with Gasteiger partial charge in [0.25, 0.3) is 0 Å². The molecule has 8 heteroatoms. The van der Waals surface area contributed by atoms with Gasteiger partial charge in [-0.15, -0.1) is 0 Å². The maximum atomic E-state index is 13.1. The zero-order chi connectivity index (χ0) is 18.6. The molecule has 3 aromatic rings. The molecule has 134 valence electrons. The Labute approximate surface area is 148 Å². The van der Waals surface area contributed by atoms with Crippen molar-refractivity contribution in [3.05, 3.63) is 71.7 Å². The molecule has 26 heavy (non-hydrogen) atoms. The van der Waals surface area contributed by atoms with Crippen LogP contribution in [0.3, 0.4) is 0 Å². The van der Waals surface area contributed by atoms with Crippen molar-refractivity contribution in [1.82, 2.24) is 15.0 Å². The minimum absolute atomic E-state index is 0.0930. The summed E-state index contributed by atoms with van der Waals surface area (Å²) < 4.78 is 39.4. The van der Waals surface area contributed by atoms with Gasteiger partial charge in [0.15, 0.2) is 0 Å². The van der Waals surface area contributed by atoms with Crippen LogP contribution in [0.2, 0.25) is 0 Å². The molecule has 0 spiro atoms. The third-order valence-corrected chi connectivity index (χ3v) is 3.53. The zero-order valence-electron chi connectivity index (χ0n) is 13.9. The van der Waals surface area contributed by atoms with Gasteiger partial charge >= 0.3 is 6.18 Å². The molecule has 0 saturated heterocycles. The second-order valence-corrected chi connectivity index (χ2v) is 5.60. The third-order valence-electron chi connectivity index (χ3n) is 3.53. The van der Waals surface area contributed by atoms with Crippen LogP contribution < -0.4 is 10.6 Å².